The molecule has 0 bridgehead atoms. The topological polar surface area (TPSA) is 12.4 Å². The number of nitrogens with zero attached hydrogens (tertiary/aromatic N) is 1. The van der Waals surface area contributed by atoms with Crippen LogP contribution in [0.5, 0.6) is 0 Å². The summed E-state index contributed by atoms with van der Waals surface area (Å²) in [7, 11) is 0. The van der Waals surface area contributed by atoms with Gasteiger partial charge in [-0.05, 0) is 0 Å². The summed E-state index contributed by atoms with van der Waals surface area (Å²) in [6, 6.07) is 0. The minimum absolute atomic E-state index is 0. The van der Waals surface area contributed by atoms with E-state index in [1.54, 1.807) is 0 Å². The molecule has 0 unspecified atom stereocenters. The second-order valence-electron chi connectivity index (χ2n) is 1.46. The molecule has 9 heavy (non-hydrogen) atoms. The van der Waals surface area contributed by atoms with Crippen LogP contribution in [0.3, 0.4) is 0 Å². The Bertz CT molecular complexity index is 105. The van der Waals surface area contributed by atoms with Gasteiger partial charge < -0.3 is 16.8 Å². The molecule has 2 heteroatoms. The van der Waals surface area contributed by atoms with Crippen LogP contribution in [0.15, 0.2) is 10.7 Å². The molecule has 0 saturated carbocycles. The molecule has 0 aromatic rings. The molecular formula is C7H11NW. The maximum atomic E-state index is 3.92. The maximum Gasteiger partial charge on any atom is 2.00 e. The van der Waals surface area contributed by atoms with E-state index in [4.69, 9.17) is 0 Å². The summed E-state index contributed by atoms with van der Waals surface area (Å²) >= 11 is 0. The van der Waals surface area contributed by atoms with Gasteiger partial charge in [0.1, 0.15) is 0 Å². The van der Waals surface area contributed by atoms with Gasteiger partial charge in [-0.25, -0.2) is 6.92 Å². The Hall–Kier alpha value is 0.0983. The van der Waals surface area contributed by atoms with E-state index in [1.165, 1.54) is 0 Å². The van der Waals surface area contributed by atoms with Crippen LogP contribution in [0, 0.1) is 6.08 Å². The molecule has 0 radical (unpaired) electrons. The van der Waals surface area contributed by atoms with Gasteiger partial charge >= 0.3 is 21.1 Å². The Morgan fingerprint density at radius 2 is 2.11 bits per heavy atom. The smallest absolute Gasteiger partial charge is 0.584 e. The van der Waals surface area contributed by atoms with Crippen molar-refractivity contribution in [2.75, 3.05) is 0 Å². The predicted molar refractivity (Wildman–Crippen MR) is 35.8 cm³/mol. The van der Waals surface area contributed by atoms with Crippen LogP contribution < -0.4 is 0 Å². The maximum absolute atomic E-state index is 3.92. The van der Waals surface area contributed by atoms with Gasteiger partial charge in [0.05, 0.1) is 0 Å². The quantitative estimate of drug-likeness (QED) is 0.546. The van der Waals surface area contributed by atoms with Crippen LogP contribution in [0.1, 0.15) is 27.2 Å². The van der Waals surface area contributed by atoms with Gasteiger partial charge in [0.25, 0.3) is 0 Å². The molecular weight excluding hydrogens is 282 g/mol. The normalized spacial score (nSPS) is 11.7. The molecule has 0 aromatic carbocycles. The zero-order chi connectivity index (χ0) is 6.41. The van der Waals surface area contributed by atoms with E-state index in [9.17, 15) is 0 Å². The van der Waals surface area contributed by atoms with Crippen molar-refractivity contribution >= 4 is 6.21 Å². The van der Waals surface area contributed by atoms with E-state index in [0.717, 1.165) is 12.1 Å². The van der Waals surface area contributed by atoms with Crippen LogP contribution in [0.4, 0.5) is 0 Å². The summed E-state index contributed by atoms with van der Waals surface area (Å²) in [4.78, 5) is 3.92. The van der Waals surface area contributed by atoms with Crippen LogP contribution in [-0.2, 0) is 21.1 Å². The third-order valence-corrected chi connectivity index (χ3v) is 0.767. The average Bonchev–Trinajstić information content (AvgIpc) is 1.83. The molecule has 1 nitrogen and oxygen atoms in total. The van der Waals surface area contributed by atoms with Crippen molar-refractivity contribution in [3.05, 3.63) is 11.8 Å². The number of hydrogen-bond donors (Lipinski definition) is 0. The van der Waals surface area contributed by atoms with Crippen molar-refractivity contribution in [1.82, 2.24) is 0 Å². The molecule has 0 aliphatic carbocycles. The van der Waals surface area contributed by atoms with Gasteiger partial charge in [-0.1, -0.05) is 13.3 Å². The van der Waals surface area contributed by atoms with Crippen molar-refractivity contribution in [3.8, 4) is 0 Å². The Labute approximate surface area is 71.5 Å². The summed E-state index contributed by atoms with van der Waals surface area (Å²) < 4.78 is 0. The fraction of sp³-hybridized carbons (Fsp3) is 0.571. The summed E-state index contributed by atoms with van der Waals surface area (Å²) in [5.74, 6) is 0. The third-order valence-electron chi connectivity index (χ3n) is 0.767. The monoisotopic (exact) mass is 293 g/mol. The first-order chi connectivity index (χ1) is 3.81. The molecule has 0 saturated heterocycles. The minimum atomic E-state index is 0. The molecule has 0 amide bonds. The van der Waals surface area contributed by atoms with E-state index in [2.05, 4.69) is 17.3 Å². The number of aliphatic imine (C=N–C) groups is 1. The zero-order valence-electron chi connectivity index (χ0n) is 6.06. The van der Waals surface area contributed by atoms with Crippen LogP contribution >= 0.6 is 0 Å². The summed E-state index contributed by atoms with van der Waals surface area (Å²) in [5, 5.41) is 0. The molecule has 0 rings (SSSR count). The summed E-state index contributed by atoms with van der Waals surface area (Å²) in [6.45, 7) is 5.76. The Morgan fingerprint density at radius 3 is 2.44 bits per heavy atom. The van der Waals surface area contributed by atoms with Crippen LogP contribution in [0.2, 0.25) is 0 Å². The molecule has 0 aliphatic rings. The van der Waals surface area contributed by atoms with Crippen molar-refractivity contribution in [2.45, 2.75) is 27.2 Å². The SMILES string of the molecule is C[C-]=C(C)N=[C-]CC.[W+2]. The van der Waals surface area contributed by atoms with Crippen molar-refractivity contribution in [3.63, 3.8) is 0 Å². The fourth-order valence-electron chi connectivity index (χ4n) is 0.254. The zero-order valence-corrected chi connectivity index (χ0v) is 9.00. The van der Waals surface area contributed by atoms with Crippen LogP contribution in [0.25, 0.3) is 0 Å². The van der Waals surface area contributed by atoms with Crippen molar-refractivity contribution in [2.24, 2.45) is 4.99 Å². The first-order valence-electron chi connectivity index (χ1n) is 2.76. The predicted octanol–water partition coefficient (Wildman–Crippen LogP) is 2.07. The van der Waals surface area contributed by atoms with Crippen molar-refractivity contribution < 1.29 is 21.1 Å². The molecule has 50 valence electrons. The van der Waals surface area contributed by atoms with E-state index in [-0.39, 0.29) is 21.1 Å². The second-order valence-corrected chi connectivity index (χ2v) is 1.46. The Balaban J connectivity index is 0. The van der Waals surface area contributed by atoms with E-state index < -0.39 is 0 Å². The molecule has 0 aromatic heterocycles. The van der Waals surface area contributed by atoms with Crippen molar-refractivity contribution in [1.29, 1.82) is 0 Å². The Kier molecular flexibility index (Phi) is 10.7. The first kappa shape index (κ1) is 11.8. The van der Waals surface area contributed by atoms with E-state index in [1.807, 2.05) is 20.8 Å². The largest absolute Gasteiger partial charge is 2.00 e. The van der Waals surface area contributed by atoms with E-state index in [0.29, 0.717) is 0 Å². The van der Waals surface area contributed by atoms with Crippen LogP contribution in [-0.4, -0.2) is 6.21 Å². The molecule has 0 atom stereocenters. The minimum Gasteiger partial charge on any atom is -0.584 e. The van der Waals surface area contributed by atoms with E-state index >= 15 is 0 Å². The van der Waals surface area contributed by atoms with Gasteiger partial charge in [-0.2, -0.15) is 6.21 Å². The first-order valence-corrected chi connectivity index (χ1v) is 2.76. The summed E-state index contributed by atoms with van der Waals surface area (Å²) in [5.41, 5.74) is 0.909. The molecule has 0 N–H and O–H groups in total. The number of rotatable bonds is 2. The fourth-order valence-corrected chi connectivity index (χ4v) is 0.254. The molecule has 0 heterocycles. The number of allylic oxidation sites excluding steroid dienone is 2. The molecule has 0 fully saturated rings. The number of hydrogen-bond acceptors (Lipinski definition) is 1. The van der Waals surface area contributed by atoms with Gasteiger partial charge in [0, 0.05) is 0 Å². The standard InChI is InChI=1S/C7H11N.W/c1-4-6-8-7(3)5-2;/h4H2,1-3H3;/q-2;+2. The molecule has 0 aliphatic heterocycles. The summed E-state index contributed by atoms with van der Waals surface area (Å²) in [6.07, 6.45) is 6.59. The third kappa shape index (κ3) is 8.10. The van der Waals surface area contributed by atoms with Gasteiger partial charge in [0.15, 0.2) is 0 Å². The average molecular weight is 293 g/mol. The second kappa shape index (κ2) is 8.10. The Morgan fingerprint density at radius 1 is 1.56 bits per heavy atom. The van der Waals surface area contributed by atoms with Gasteiger partial charge in [0.2, 0.25) is 0 Å². The molecule has 0 spiro atoms. The van der Waals surface area contributed by atoms with Gasteiger partial charge in [-0.15, -0.1) is 6.92 Å². The van der Waals surface area contributed by atoms with Gasteiger partial charge in [-0.3, -0.25) is 0 Å².